The van der Waals surface area contributed by atoms with E-state index in [-0.39, 0.29) is 5.41 Å². The Bertz CT molecular complexity index is 866. The molecule has 0 aromatic heterocycles. The molecule has 2 heterocycles. The van der Waals surface area contributed by atoms with Crippen LogP contribution >= 0.6 is 0 Å². The van der Waals surface area contributed by atoms with Crippen LogP contribution in [0.3, 0.4) is 0 Å². The van der Waals surface area contributed by atoms with Crippen LogP contribution in [-0.2, 0) is 5.41 Å². The zero-order valence-electron chi connectivity index (χ0n) is 16.4. The Morgan fingerprint density at radius 3 is 2.46 bits per heavy atom. The molecule has 0 aliphatic carbocycles. The van der Waals surface area contributed by atoms with E-state index in [2.05, 4.69) is 99.2 Å². The Balaban J connectivity index is 1.80. The summed E-state index contributed by atoms with van der Waals surface area (Å²) in [6.07, 6.45) is 4.45. The van der Waals surface area contributed by atoms with Gasteiger partial charge in [-0.05, 0) is 63.6 Å². The molecule has 2 aliphatic rings. The van der Waals surface area contributed by atoms with E-state index in [1.165, 1.54) is 16.9 Å². The number of anilines is 2. The average molecular weight is 348 g/mol. The second kappa shape index (κ2) is 5.80. The summed E-state index contributed by atoms with van der Waals surface area (Å²) < 4.78 is 6.78. The third kappa shape index (κ3) is 2.13. The minimum atomic E-state index is -0.508. The van der Waals surface area contributed by atoms with Crippen molar-refractivity contribution >= 4 is 17.5 Å². The molecule has 1 atom stereocenters. The van der Waals surface area contributed by atoms with Gasteiger partial charge in [-0.1, -0.05) is 18.2 Å². The number of para-hydroxylation sites is 1. The zero-order valence-corrected chi connectivity index (χ0v) is 16.4. The van der Waals surface area contributed by atoms with E-state index < -0.39 is 5.72 Å². The van der Waals surface area contributed by atoms with E-state index in [4.69, 9.17) is 4.74 Å². The predicted octanol–water partition coefficient (Wildman–Crippen LogP) is 5.06. The Morgan fingerprint density at radius 2 is 1.77 bits per heavy atom. The molecule has 26 heavy (non-hydrogen) atoms. The van der Waals surface area contributed by atoms with Gasteiger partial charge in [0, 0.05) is 43.1 Å². The lowest BCUT2D eigenvalue weighted by molar-refractivity contribution is 0.0582. The van der Waals surface area contributed by atoms with Crippen LogP contribution in [0.4, 0.5) is 11.4 Å². The van der Waals surface area contributed by atoms with Gasteiger partial charge in [0.2, 0.25) is 5.72 Å². The van der Waals surface area contributed by atoms with Crippen molar-refractivity contribution in [3.8, 4) is 5.75 Å². The number of likely N-dealkylation sites (N-methyl/N-ethyl adjacent to an activating group) is 1. The summed E-state index contributed by atoms with van der Waals surface area (Å²) in [5.41, 5.74) is 4.27. The standard InChI is InChI=1S/C23H28N2O/c1-6-25(7-2)18-13-12-17-14-15-23(26-21(17)16-18)22(3,4)19-10-8-9-11-20(19)24(23)5/h8-16H,6-7H2,1-5H3. The summed E-state index contributed by atoms with van der Waals surface area (Å²) in [7, 11) is 2.14. The first-order chi connectivity index (χ1) is 12.4. The maximum Gasteiger partial charge on any atom is 0.211 e. The van der Waals surface area contributed by atoms with Crippen LogP contribution in [0, 0.1) is 0 Å². The average Bonchev–Trinajstić information content (AvgIpc) is 2.82. The van der Waals surface area contributed by atoms with Crippen molar-refractivity contribution in [2.24, 2.45) is 0 Å². The summed E-state index contributed by atoms with van der Waals surface area (Å²) in [6.45, 7) is 10.9. The van der Waals surface area contributed by atoms with Crippen LogP contribution < -0.4 is 14.5 Å². The highest BCUT2D eigenvalue weighted by Crippen LogP contribution is 2.54. The van der Waals surface area contributed by atoms with Crippen LogP contribution in [0.15, 0.2) is 48.5 Å². The summed E-state index contributed by atoms with van der Waals surface area (Å²) in [6, 6.07) is 15.2. The van der Waals surface area contributed by atoms with Crippen molar-refractivity contribution in [2.75, 3.05) is 29.9 Å². The topological polar surface area (TPSA) is 15.7 Å². The third-order valence-electron chi connectivity index (χ3n) is 6.21. The fourth-order valence-corrected chi connectivity index (χ4v) is 4.54. The summed E-state index contributed by atoms with van der Waals surface area (Å²) in [4.78, 5) is 4.64. The van der Waals surface area contributed by atoms with Crippen molar-refractivity contribution in [3.63, 3.8) is 0 Å². The van der Waals surface area contributed by atoms with Crippen LogP contribution in [0.25, 0.3) is 6.08 Å². The maximum atomic E-state index is 6.78. The highest BCUT2D eigenvalue weighted by molar-refractivity contribution is 5.73. The van der Waals surface area contributed by atoms with Gasteiger partial charge in [-0.25, -0.2) is 0 Å². The largest absolute Gasteiger partial charge is 0.463 e. The lowest BCUT2D eigenvalue weighted by Gasteiger charge is -2.46. The number of fused-ring (bicyclic) bond motifs is 2. The molecule has 2 aromatic carbocycles. The normalized spacial score (nSPS) is 22.1. The quantitative estimate of drug-likeness (QED) is 0.771. The fourth-order valence-electron chi connectivity index (χ4n) is 4.54. The number of hydrogen-bond donors (Lipinski definition) is 0. The van der Waals surface area contributed by atoms with Gasteiger partial charge < -0.3 is 14.5 Å². The Hall–Kier alpha value is -2.42. The summed E-state index contributed by atoms with van der Waals surface area (Å²) in [5, 5.41) is 0. The number of hydrogen-bond acceptors (Lipinski definition) is 3. The number of ether oxygens (including phenoxy) is 1. The first-order valence-electron chi connectivity index (χ1n) is 9.55. The molecule has 2 aliphatic heterocycles. The first kappa shape index (κ1) is 17.0. The van der Waals surface area contributed by atoms with Gasteiger partial charge in [-0.3, -0.25) is 0 Å². The summed E-state index contributed by atoms with van der Waals surface area (Å²) >= 11 is 0. The lowest BCUT2D eigenvalue weighted by Crippen LogP contribution is -2.58. The predicted molar refractivity (Wildman–Crippen MR) is 110 cm³/mol. The first-order valence-corrected chi connectivity index (χ1v) is 9.55. The van der Waals surface area contributed by atoms with E-state index in [0.29, 0.717) is 0 Å². The third-order valence-corrected chi connectivity index (χ3v) is 6.21. The van der Waals surface area contributed by atoms with E-state index in [9.17, 15) is 0 Å². The fraction of sp³-hybridized carbons (Fsp3) is 0.391. The highest BCUT2D eigenvalue weighted by Gasteiger charge is 2.57. The second-order valence-corrected chi connectivity index (χ2v) is 7.73. The molecular weight excluding hydrogens is 320 g/mol. The molecule has 0 radical (unpaired) electrons. The molecule has 136 valence electrons. The maximum absolute atomic E-state index is 6.78. The molecule has 0 saturated heterocycles. The molecule has 0 fully saturated rings. The van der Waals surface area contributed by atoms with Crippen LogP contribution in [-0.4, -0.2) is 25.9 Å². The van der Waals surface area contributed by atoms with E-state index in [0.717, 1.165) is 24.4 Å². The molecule has 0 bridgehead atoms. The molecule has 1 unspecified atom stereocenters. The molecule has 1 spiro atoms. The van der Waals surface area contributed by atoms with Crippen molar-refractivity contribution in [3.05, 3.63) is 59.7 Å². The molecule has 3 nitrogen and oxygen atoms in total. The minimum Gasteiger partial charge on any atom is -0.463 e. The SMILES string of the molecule is CCN(CC)c1ccc2c(c1)OC1(C=C2)N(C)c2ccccc2C1(C)C. The van der Waals surface area contributed by atoms with Crippen molar-refractivity contribution < 1.29 is 4.74 Å². The molecule has 4 rings (SSSR count). The zero-order chi connectivity index (χ0) is 18.5. The lowest BCUT2D eigenvalue weighted by atomic mass is 9.76. The van der Waals surface area contributed by atoms with Gasteiger partial charge in [0.05, 0.1) is 5.41 Å². The molecule has 3 heteroatoms. The number of benzene rings is 2. The van der Waals surface area contributed by atoms with Gasteiger partial charge in [-0.2, -0.15) is 0 Å². The van der Waals surface area contributed by atoms with E-state index in [1.54, 1.807) is 0 Å². The van der Waals surface area contributed by atoms with E-state index >= 15 is 0 Å². The van der Waals surface area contributed by atoms with Crippen LogP contribution in [0.2, 0.25) is 0 Å². The number of rotatable bonds is 3. The van der Waals surface area contributed by atoms with Gasteiger partial charge in [0.15, 0.2) is 0 Å². The van der Waals surface area contributed by atoms with Crippen molar-refractivity contribution in [2.45, 2.75) is 38.8 Å². The summed E-state index contributed by atoms with van der Waals surface area (Å²) in [5.74, 6) is 0.963. The molecule has 0 saturated carbocycles. The number of nitrogens with zero attached hydrogens (tertiary/aromatic N) is 2. The molecule has 2 aromatic rings. The Kier molecular flexibility index (Phi) is 3.80. The monoisotopic (exact) mass is 348 g/mol. The second-order valence-electron chi connectivity index (χ2n) is 7.73. The Labute approximate surface area is 156 Å². The smallest absolute Gasteiger partial charge is 0.211 e. The minimum absolute atomic E-state index is 0.155. The highest BCUT2D eigenvalue weighted by atomic mass is 16.5. The van der Waals surface area contributed by atoms with Gasteiger partial charge in [0.1, 0.15) is 5.75 Å². The van der Waals surface area contributed by atoms with Gasteiger partial charge >= 0.3 is 0 Å². The van der Waals surface area contributed by atoms with Crippen molar-refractivity contribution in [1.29, 1.82) is 0 Å². The van der Waals surface area contributed by atoms with E-state index in [1.807, 2.05) is 0 Å². The molecule has 0 N–H and O–H groups in total. The van der Waals surface area contributed by atoms with Crippen LogP contribution in [0.5, 0.6) is 5.75 Å². The van der Waals surface area contributed by atoms with Crippen molar-refractivity contribution in [1.82, 2.24) is 0 Å². The van der Waals surface area contributed by atoms with Gasteiger partial charge in [-0.15, -0.1) is 0 Å². The molecular formula is C23H28N2O. The van der Waals surface area contributed by atoms with Crippen LogP contribution in [0.1, 0.15) is 38.8 Å². The molecule has 0 amide bonds. The van der Waals surface area contributed by atoms with Gasteiger partial charge in [0.25, 0.3) is 0 Å². The Morgan fingerprint density at radius 1 is 1.04 bits per heavy atom.